The minimum atomic E-state index is -0.269. The van der Waals surface area contributed by atoms with Crippen molar-refractivity contribution >= 4 is 27.8 Å². The average molecular weight is 447 g/mol. The first-order valence-corrected chi connectivity index (χ1v) is 11.0. The van der Waals surface area contributed by atoms with E-state index in [9.17, 15) is 9.59 Å². The Morgan fingerprint density at radius 3 is 2.88 bits per heavy atom. The Hall–Kier alpha value is -3.65. The van der Waals surface area contributed by atoms with Crippen molar-refractivity contribution in [2.45, 2.75) is 32.4 Å². The second-order valence-electron chi connectivity index (χ2n) is 8.27. The fourth-order valence-corrected chi connectivity index (χ4v) is 4.32. The van der Waals surface area contributed by atoms with Crippen molar-refractivity contribution in [2.75, 3.05) is 20.3 Å². The van der Waals surface area contributed by atoms with Crippen molar-refractivity contribution in [3.8, 4) is 5.75 Å². The number of methoxy groups -OCH3 is 1. The summed E-state index contributed by atoms with van der Waals surface area (Å²) in [6.07, 6.45) is 1.77. The van der Waals surface area contributed by atoms with E-state index in [1.165, 1.54) is 0 Å². The summed E-state index contributed by atoms with van der Waals surface area (Å²) in [5, 5.41) is 1.34. The molecule has 0 bridgehead atoms. The van der Waals surface area contributed by atoms with Gasteiger partial charge in [0.15, 0.2) is 5.76 Å². The summed E-state index contributed by atoms with van der Waals surface area (Å²) in [5.41, 5.74) is 1.72. The van der Waals surface area contributed by atoms with Gasteiger partial charge in [0.2, 0.25) is 0 Å². The Labute approximate surface area is 190 Å². The van der Waals surface area contributed by atoms with Gasteiger partial charge >= 0.3 is 0 Å². The number of hydrogen-bond donors (Lipinski definition) is 1. The number of nitrogens with zero attached hydrogens (tertiary/aromatic N) is 2. The molecule has 0 spiro atoms. The summed E-state index contributed by atoms with van der Waals surface area (Å²) < 4.78 is 17.1. The van der Waals surface area contributed by atoms with Crippen LogP contribution in [-0.4, -0.2) is 47.1 Å². The molecular formula is C25H25N3O5. The topological polar surface area (TPSA) is 97.7 Å². The second-order valence-corrected chi connectivity index (χ2v) is 8.27. The van der Waals surface area contributed by atoms with Crippen LogP contribution in [0.25, 0.3) is 21.9 Å². The van der Waals surface area contributed by atoms with E-state index < -0.39 is 0 Å². The van der Waals surface area contributed by atoms with Gasteiger partial charge in [-0.15, -0.1) is 0 Å². The number of aryl methyl sites for hydroxylation is 1. The number of carbonyl (C=O) groups excluding carboxylic acids is 1. The van der Waals surface area contributed by atoms with Gasteiger partial charge in [0.05, 0.1) is 30.7 Å². The van der Waals surface area contributed by atoms with E-state index in [0.29, 0.717) is 41.2 Å². The van der Waals surface area contributed by atoms with E-state index in [2.05, 4.69) is 9.97 Å². The maximum Gasteiger partial charge on any atom is 0.290 e. The number of furan rings is 1. The molecule has 3 heterocycles. The second kappa shape index (κ2) is 8.71. The van der Waals surface area contributed by atoms with E-state index in [0.717, 1.165) is 23.8 Å². The number of ether oxygens (including phenoxy) is 2. The van der Waals surface area contributed by atoms with Gasteiger partial charge < -0.3 is 23.8 Å². The predicted molar refractivity (Wildman–Crippen MR) is 124 cm³/mol. The van der Waals surface area contributed by atoms with Crippen LogP contribution in [0.3, 0.4) is 0 Å². The lowest BCUT2D eigenvalue weighted by Gasteiger charge is -2.24. The number of fused-ring (bicyclic) bond motifs is 2. The van der Waals surface area contributed by atoms with Crippen molar-refractivity contribution in [2.24, 2.45) is 0 Å². The lowest BCUT2D eigenvalue weighted by molar-refractivity contribution is 0.0479. The number of carbonyl (C=O) groups is 1. The highest BCUT2D eigenvalue weighted by molar-refractivity contribution is 5.99. The number of aromatic amines is 1. The van der Waals surface area contributed by atoms with Crippen molar-refractivity contribution in [3.05, 3.63) is 70.0 Å². The smallest absolute Gasteiger partial charge is 0.290 e. The molecule has 0 saturated carbocycles. The molecule has 2 aromatic carbocycles. The Morgan fingerprint density at radius 1 is 1.24 bits per heavy atom. The number of H-pyrrole nitrogens is 1. The first-order chi connectivity index (χ1) is 16.0. The van der Waals surface area contributed by atoms with Gasteiger partial charge in [0.25, 0.3) is 11.5 Å². The Morgan fingerprint density at radius 2 is 2.09 bits per heavy atom. The van der Waals surface area contributed by atoms with Crippen molar-refractivity contribution in [3.63, 3.8) is 0 Å². The lowest BCUT2D eigenvalue weighted by Crippen LogP contribution is -2.38. The van der Waals surface area contributed by atoms with E-state index in [-0.39, 0.29) is 29.9 Å². The predicted octanol–water partition coefficient (Wildman–Crippen LogP) is 3.81. The first kappa shape index (κ1) is 21.2. The normalized spacial score (nSPS) is 15.9. The summed E-state index contributed by atoms with van der Waals surface area (Å²) in [6.45, 7) is 3.06. The van der Waals surface area contributed by atoms with Gasteiger partial charge in [-0.3, -0.25) is 9.59 Å². The van der Waals surface area contributed by atoms with Gasteiger partial charge in [-0.1, -0.05) is 12.1 Å². The number of nitrogens with one attached hydrogen (secondary N) is 1. The maximum absolute atomic E-state index is 13.7. The zero-order chi connectivity index (χ0) is 22.9. The van der Waals surface area contributed by atoms with Crippen LogP contribution >= 0.6 is 0 Å². The molecular weight excluding hydrogens is 422 g/mol. The number of para-hydroxylation sites is 1. The van der Waals surface area contributed by atoms with E-state index >= 15 is 0 Å². The van der Waals surface area contributed by atoms with Crippen molar-refractivity contribution in [1.29, 1.82) is 0 Å². The van der Waals surface area contributed by atoms with E-state index in [1.54, 1.807) is 42.3 Å². The molecule has 1 fully saturated rings. The molecule has 1 aliphatic heterocycles. The third-order valence-electron chi connectivity index (χ3n) is 6.08. The monoisotopic (exact) mass is 447 g/mol. The molecule has 0 unspecified atom stereocenters. The Kier molecular flexibility index (Phi) is 5.60. The molecule has 1 N–H and O–H groups in total. The van der Waals surface area contributed by atoms with Gasteiger partial charge in [0.1, 0.15) is 17.2 Å². The SMILES string of the molecule is COc1ccc2oc(C(=O)N(Cc3nc4ccccc4c(=O)[nH]3)C[C@H]3CCCO3)c(C)c2c1. The van der Waals surface area contributed by atoms with E-state index in [4.69, 9.17) is 13.9 Å². The minimum Gasteiger partial charge on any atom is -0.497 e. The number of rotatable bonds is 6. The van der Waals surface area contributed by atoms with Crippen LogP contribution in [0.4, 0.5) is 0 Å². The lowest BCUT2D eigenvalue weighted by atomic mass is 10.1. The highest BCUT2D eigenvalue weighted by Gasteiger charge is 2.28. The molecule has 8 heteroatoms. The van der Waals surface area contributed by atoms with Crippen LogP contribution in [0.5, 0.6) is 5.75 Å². The summed E-state index contributed by atoms with van der Waals surface area (Å²) in [6, 6.07) is 12.6. The molecule has 2 aromatic heterocycles. The fourth-order valence-electron chi connectivity index (χ4n) is 4.32. The molecule has 1 aliphatic rings. The quantitative estimate of drug-likeness (QED) is 0.483. The fraction of sp³-hybridized carbons (Fsp3) is 0.320. The van der Waals surface area contributed by atoms with Crippen LogP contribution < -0.4 is 10.3 Å². The molecule has 8 nitrogen and oxygen atoms in total. The summed E-state index contributed by atoms with van der Waals surface area (Å²) >= 11 is 0. The third-order valence-corrected chi connectivity index (χ3v) is 6.08. The van der Waals surface area contributed by atoms with Gasteiger partial charge in [-0.05, 0) is 50.1 Å². The van der Waals surface area contributed by atoms with Crippen LogP contribution in [-0.2, 0) is 11.3 Å². The van der Waals surface area contributed by atoms with E-state index in [1.807, 2.05) is 19.1 Å². The van der Waals surface area contributed by atoms with Crippen LogP contribution in [0.1, 0.15) is 34.8 Å². The van der Waals surface area contributed by atoms with Gasteiger partial charge in [0, 0.05) is 24.1 Å². The number of amides is 1. The van der Waals surface area contributed by atoms with Gasteiger partial charge in [-0.2, -0.15) is 0 Å². The summed E-state index contributed by atoms with van der Waals surface area (Å²) in [7, 11) is 1.60. The molecule has 0 aliphatic carbocycles. The number of hydrogen-bond acceptors (Lipinski definition) is 6. The zero-order valence-corrected chi connectivity index (χ0v) is 18.6. The molecule has 1 atom stereocenters. The van der Waals surface area contributed by atoms with Crippen LogP contribution in [0.2, 0.25) is 0 Å². The summed E-state index contributed by atoms with van der Waals surface area (Å²) in [4.78, 5) is 35.2. The molecule has 33 heavy (non-hydrogen) atoms. The van der Waals surface area contributed by atoms with Crippen LogP contribution in [0.15, 0.2) is 51.7 Å². The third kappa shape index (κ3) is 4.09. The number of benzene rings is 2. The highest BCUT2D eigenvalue weighted by Crippen LogP contribution is 2.30. The minimum absolute atomic E-state index is 0.0640. The van der Waals surface area contributed by atoms with Gasteiger partial charge in [-0.25, -0.2) is 4.98 Å². The molecule has 0 radical (unpaired) electrons. The van der Waals surface area contributed by atoms with Crippen LogP contribution in [0, 0.1) is 6.92 Å². The Balaban J connectivity index is 1.51. The first-order valence-electron chi connectivity index (χ1n) is 11.0. The Bertz CT molecular complexity index is 1380. The molecule has 170 valence electrons. The van der Waals surface area contributed by atoms with Crippen molar-refractivity contribution < 1.29 is 18.7 Å². The summed E-state index contributed by atoms with van der Waals surface area (Å²) in [5.74, 6) is 1.10. The molecule has 5 rings (SSSR count). The highest BCUT2D eigenvalue weighted by atomic mass is 16.5. The van der Waals surface area contributed by atoms with Crippen molar-refractivity contribution in [1.82, 2.24) is 14.9 Å². The molecule has 1 saturated heterocycles. The largest absolute Gasteiger partial charge is 0.497 e. The molecule has 1 amide bonds. The zero-order valence-electron chi connectivity index (χ0n) is 18.6. The standard InChI is InChI=1S/C25H25N3O5/c1-15-19-12-16(31-2)9-10-21(19)33-23(15)25(30)28(13-17-6-5-11-32-17)14-22-26-20-8-4-3-7-18(20)24(29)27-22/h3-4,7-10,12,17H,5-6,11,13-14H2,1-2H3,(H,26,27,29)/t17-/m1/s1. The maximum atomic E-state index is 13.7. The molecule has 4 aromatic rings. The average Bonchev–Trinajstić information content (AvgIpc) is 3.46. The number of aromatic nitrogens is 2.